The number of carbonyl (C=O) groups excluding carboxylic acids is 1. The number of piperazine rings is 1. The van der Waals surface area contributed by atoms with Crippen LogP contribution in [0.2, 0.25) is 0 Å². The van der Waals surface area contributed by atoms with Gasteiger partial charge in [0.1, 0.15) is 0 Å². The maximum atomic E-state index is 12.5. The smallest absolute Gasteiger partial charge is 0.253 e. The zero-order chi connectivity index (χ0) is 15.4. The van der Waals surface area contributed by atoms with Crippen molar-refractivity contribution in [2.45, 2.75) is 10.9 Å². The van der Waals surface area contributed by atoms with Crippen molar-refractivity contribution in [3.63, 3.8) is 0 Å². The molecule has 1 aliphatic heterocycles. The van der Waals surface area contributed by atoms with E-state index in [0.29, 0.717) is 0 Å². The Morgan fingerprint density at radius 3 is 2.91 bits per heavy atom. The molecule has 22 heavy (non-hydrogen) atoms. The van der Waals surface area contributed by atoms with E-state index in [1.54, 1.807) is 18.0 Å². The highest BCUT2D eigenvalue weighted by Gasteiger charge is 2.17. The molecule has 5 nitrogen and oxygen atoms in total. The van der Waals surface area contributed by atoms with E-state index in [0.717, 1.165) is 48.2 Å². The molecular formula is C16H20N4OS. The van der Waals surface area contributed by atoms with E-state index in [1.165, 1.54) is 0 Å². The van der Waals surface area contributed by atoms with E-state index >= 15 is 0 Å². The lowest BCUT2D eigenvalue weighted by atomic mass is 10.1. The van der Waals surface area contributed by atoms with Crippen LogP contribution in [-0.4, -0.2) is 46.5 Å². The maximum Gasteiger partial charge on any atom is 0.253 e. The number of hydrogen-bond acceptors (Lipinski definition) is 4. The van der Waals surface area contributed by atoms with E-state index in [-0.39, 0.29) is 5.91 Å². The lowest BCUT2D eigenvalue weighted by Crippen LogP contribution is -2.46. The van der Waals surface area contributed by atoms with Crippen molar-refractivity contribution in [1.29, 1.82) is 0 Å². The maximum absolute atomic E-state index is 12.5. The Labute approximate surface area is 134 Å². The molecule has 0 bridgehead atoms. The number of imidazole rings is 1. The largest absolute Gasteiger partial charge is 0.336 e. The van der Waals surface area contributed by atoms with E-state index < -0.39 is 0 Å². The van der Waals surface area contributed by atoms with Gasteiger partial charge in [-0.05, 0) is 17.7 Å². The van der Waals surface area contributed by atoms with Crippen molar-refractivity contribution >= 4 is 17.7 Å². The first kappa shape index (κ1) is 15.1. The van der Waals surface area contributed by atoms with Crippen LogP contribution in [0.5, 0.6) is 0 Å². The van der Waals surface area contributed by atoms with Crippen molar-refractivity contribution in [2.75, 3.05) is 26.2 Å². The van der Waals surface area contributed by atoms with Gasteiger partial charge in [-0.3, -0.25) is 4.79 Å². The van der Waals surface area contributed by atoms with Crippen LogP contribution >= 0.6 is 11.8 Å². The van der Waals surface area contributed by atoms with Crippen LogP contribution in [0.3, 0.4) is 0 Å². The monoisotopic (exact) mass is 316 g/mol. The summed E-state index contributed by atoms with van der Waals surface area (Å²) < 4.78 is 2.00. The SMILES string of the molecule is Cn1ccnc1SCc1cccc(C(=O)N2CCNCC2)c1. The van der Waals surface area contributed by atoms with Crippen LogP contribution in [-0.2, 0) is 12.8 Å². The van der Waals surface area contributed by atoms with Crippen LogP contribution in [0.15, 0.2) is 41.8 Å². The van der Waals surface area contributed by atoms with Crippen LogP contribution in [0.4, 0.5) is 0 Å². The van der Waals surface area contributed by atoms with E-state index in [2.05, 4.69) is 16.4 Å². The van der Waals surface area contributed by atoms with Gasteiger partial charge in [0.15, 0.2) is 5.16 Å². The van der Waals surface area contributed by atoms with E-state index in [4.69, 9.17) is 0 Å². The molecule has 0 atom stereocenters. The Balaban J connectivity index is 1.66. The fourth-order valence-corrected chi connectivity index (χ4v) is 3.36. The first-order valence-corrected chi connectivity index (χ1v) is 8.41. The highest BCUT2D eigenvalue weighted by Crippen LogP contribution is 2.21. The third-order valence-electron chi connectivity index (χ3n) is 3.72. The zero-order valence-electron chi connectivity index (χ0n) is 12.7. The summed E-state index contributed by atoms with van der Waals surface area (Å²) in [6, 6.07) is 7.92. The van der Waals surface area contributed by atoms with Crippen LogP contribution in [0, 0.1) is 0 Å². The first-order valence-electron chi connectivity index (χ1n) is 7.43. The van der Waals surface area contributed by atoms with Crippen molar-refractivity contribution in [2.24, 2.45) is 7.05 Å². The summed E-state index contributed by atoms with van der Waals surface area (Å²) in [4.78, 5) is 18.7. The van der Waals surface area contributed by atoms with E-state index in [9.17, 15) is 4.79 Å². The highest BCUT2D eigenvalue weighted by atomic mass is 32.2. The minimum absolute atomic E-state index is 0.130. The lowest BCUT2D eigenvalue weighted by Gasteiger charge is -2.27. The van der Waals surface area contributed by atoms with Gasteiger partial charge in [-0.2, -0.15) is 0 Å². The highest BCUT2D eigenvalue weighted by molar-refractivity contribution is 7.98. The molecule has 0 saturated carbocycles. The number of aryl methyl sites for hydroxylation is 1. The summed E-state index contributed by atoms with van der Waals surface area (Å²) in [5, 5.41) is 4.25. The van der Waals surface area contributed by atoms with Gasteiger partial charge in [-0.15, -0.1) is 0 Å². The molecule has 1 fully saturated rings. The minimum Gasteiger partial charge on any atom is -0.336 e. The number of nitrogens with zero attached hydrogens (tertiary/aromatic N) is 3. The predicted molar refractivity (Wildman–Crippen MR) is 88.0 cm³/mol. The van der Waals surface area contributed by atoms with Crippen LogP contribution in [0.25, 0.3) is 0 Å². The summed E-state index contributed by atoms with van der Waals surface area (Å²) in [6.07, 6.45) is 3.74. The summed E-state index contributed by atoms with van der Waals surface area (Å²) in [7, 11) is 1.99. The molecule has 2 heterocycles. The summed E-state index contributed by atoms with van der Waals surface area (Å²) in [6.45, 7) is 3.32. The van der Waals surface area contributed by atoms with Gasteiger partial charge in [-0.25, -0.2) is 4.98 Å². The number of amides is 1. The number of nitrogens with one attached hydrogen (secondary N) is 1. The average molecular weight is 316 g/mol. The molecule has 2 aromatic rings. The standard InChI is InChI=1S/C16H20N4OS/c1-19-8-7-18-16(19)22-12-13-3-2-4-14(11-13)15(21)20-9-5-17-6-10-20/h2-4,7-8,11,17H,5-6,9-10,12H2,1H3. The first-order chi connectivity index (χ1) is 10.7. The number of benzene rings is 1. The topological polar surface area (TPSA) is 50.2 Å². The van der Waals surface area contributed by atoms with Crippen LogP contribution < -0.4 is 5.32 Å². The van der Waals surface area contributed by atoms with Gasteiger partial charge < -0.3 is 14.8 Å². The van der Waals surface area contributed by atoms with Gasteiger partial charge in [-0.1, -0.05) is 23.9 Å². The van der Waals surface area contributed by atoms with Gasteiger partial charge >= 0.3 is 0 Å². The molecular weight excluding hydrogens is 296 g/mol. The molecule has 0 aliphatic carbocycles. The van der Waals surface area contributed by atoms with Crippen molar-refractivity contribution < 1.29 is 4.79 Å². The number of carbonyl (C=O) groups is 1. The average Bonchev–Trinajstić information content (AvgIpc) is 2.98. The zero-order valence-corrected chi connectivity index (χ0v) is 13.5. The van der Waals surface area contributed by atoms with Crippen molar-refractivity contribution in [3.8, 4) is 0 Å². The predicted octanol–water partition coefficient (Wildman–Crippen LogP) is 1.76. The Bertz CT molecular complexity index is 649. The summed E-state index contributed by atoms with van der Waals surface area (Å²) >= 11 is 1.68. The molecule has 116 valence electrons. The normalized spacial score (nSPS) is 15.0. The Morgan fingerprint density at radius 1 is 1.36 bits per heavy atom. The number of rotatable bonds is 4. The molecule has 1 saturated heterocycles. The Hall–Kier alpha value is -1.79. The molecule has 3 rings (SSSR count). The molecule has 1 N–H and O–H groups in total. The van der Waals surface area contributed by atoms with Crippen LogP contribution in [0.1, 0.15) is 15.9 Å². The van der Waals surface area contributed by atoms with Gasteiger partial charge in [0.25, 0.3) is 5.91 Å². The number of hydrogen-bond donors (Lipinski definition) is 1. The minimum atomic E-state index is 0.130. The third kappa shape index (κ3) is 3.51. The third-order valence-corrected chi connectivity index (χ3v) is 4.85. The fraction of sp³-hybridized carbons (Fsp3) is 0.375. The Kier molecular flexibility index (Phi) is 4.80. The molecule has 1 amide bonds. The molecule has 0 spiro atoms. The quantitative estimate of drug-likeness (QED) is 0.873. The second kappa shape index (κ2) is 6.98. The number of thioether (sulfide) groups is 1. The van der Waals surface area contributed by atoms with E-state index in [1.807, 2.05) is 40.9 Å². The second-order valence-corrected chi connectivity index (χ2v) is 6.29. The molecule has 6 heteroatoms. The van der Waals surface area contributed by atoms with Gasteiger partial charge in [0.05, 0.1) is 0 Å². The fourth-order valence-electron chi connectivity index (χ4n) is 2.48. The molecule has 1 aromatic heterocycles. The molecule has 1 aliphatic rings. The molecule has 1 aromatic carbocycles. The Morgan fingerprint density at radius 2 is 2.18 bits per heavy atom. The summed E-state index contributed by atoms with van der Waals surface area (Å²) in [5.74, 6) is 0.943. The number of aromatic nitrogens is 2. The summed E-state index contributed by atoms with van der Waals surface area (Å²) in [5.41, 5.74) is 1.92. The lowest BCUT2D eigenvalue weighted by molar-refractivity contribution is 0.0735. The van der Waals surface area contributed by atoms with Crippen molar-refractivity contribution in [1.82, 2.24) is 19.8 Å². The van der Waals surface area contributed by atoms with Crippen molar-refractivity contribution in [3.05, 3.63) is 47.8 Å². The molecule has 0 unspecified atom stereocenters. The van der Waals surface area contributed by atoms with Gasteiger partial charge in [0.2, 0.25) is 0 Å². The second-order valence-electron chi connectivity index (χ2n) is 5.35. The van der Waals surface area contributed by atoms with Gasteiger partial charge in [0, 0.05) is 56.9 Å². The molecule has 0 radical (unpaired) electrons.